The molecule has 1 heterocycles. The van der Waals surface area contributed by atoms with Crippen LogP contribution in [-0.4, -0.2) is 24.8 Å². The molecule has 0 aromatic heterocycles. The average molecular weight is 332 g/mol. The van der Waals surface area contributed by atoms with Gasteiger partial charge in [-0.15, -0.1) is 0 Å². The van der Waals surface area contributed by atoms with Gasteiger partial charge in [-0.25, -0.2) is 4.79 Å². The molecular weight excluding hydrogens is 304 g/mol. The van der Waals surface area contributed by atoms with Crippen molar-refractivity contribution >= 4 is 5.97 Å². The predicted octanol–water partition coefficient (Wildman–Crippen LogP) is 4.27. The van der Waals surface area contributed by atoms with Gasteiger partial charge in [-0.3, -0.25) is 0 Å². The van der Waals surface area contributed by atoms with E-state index >= 15 is 0 Å². The highest BCUT2D eigenvalue weighted by Gasteiger charge is 2.38. The van der Waals surface area contributed by atoms with Gasteiger partial charge in [0, 0.05) is 17.1 Å². The monoisotopic (exact) mass is 332 g/mol. The number of carbonyl (C=O) groups is 1. The molecular formula is C20H28O4. The van der Waals surface area contributed by atoms with Crippen LogP contribution in [0.4, 0.5) is 0 Å². The smallest absolute Gasteiger partial charge is 0.333 e. The standard InChI is InChI=1S/C20H28O4/c1-6-22-19(21)14(4)12-17-15(5)18(13(2)3)24-20(23-17)16-10-8-7-9-11-16/h7-13,15,17-18,20H,6H2,1-5H3/b14-12+/t15-,17-,18+,20-/m0/s1. The minimum Gasteiger partial charge on any atom is -0.463 e. The van der Waals surface area contributed by atoms with Crippen molar-refractivity contribution in [2.45, 2.75) is 53.1 Å². The number of esters is 1. The quantitative estimate of drug-likeness (QED) is 0.596. The van der Waals surface area contributed by atoms with Crippen LogP contribution < -0.4 is 0 Å². The molecule has 1 fully saturated rings. The largest absolute Gasteiger partial charge is 0.463 e. The lowest BCUT2D eigenvalue weighted by Crippen LogP contribution is -2.43. The fraction of sp³-hybridized carbons (Fsp3) is 0.550. The Morgan fingerprint density at radius 1 is 1.25 bits per heavy atom. The van der Waals surface area contributed by atoms with Gasteiger partial charge in [0.15, 0.2) is 6.29 Å². The summed E-state index contributed by atoms with van der Waals surface area (Å²) in [7, 11) is 0. The Morgan fingerprint density at radius 3 is 2.50 bits per heavy atom. The van der Waals surface area contributed by atoms with Gasteiger partial charge in [0.1, 0.15) is 0 Å². The Bertz CT molecular complexity index is 564. The Kier molecular flexibility index (Phi) is 6.58. The summed E-state index contributed by atoms with van der Waals surface area (Å²) in [6, 6.07) is 9.91. The number of hydrogen-bond acceptors (Lipinski definition) is 4. The highest BCUT2D eigenvalue weighted by atomic mass is 16.7. The van der Waals surface area contributed by atoms with Crippen LogP contribution in [0.25, 0.3) is 0 Å². The molecule has 0 bridgehead atoms. The summed E-state index contributed by atoms with van der Waals surface area (Å²) in [5, 5.41) is 0. The molecule has 0 aliphatic carbocycles. The van der Waals surface area contributed by atoms with Crippen LogP contribution in [0.3, 0.4) is 0 Å². The van der Waals surface area contributed by atoms with Gasteiger partial charge in [-0.2, -0.15) is 0 Å². The molecule has 0 radical (unpaired) electrons. The first kappa shape index (κ1) is 18.7. The highest BCUT2D eigenvalue weighted by molar-refractivity contribution is 5.87. The lowest BCUT2D eigenvalue weighted by atomic mass is 9.88. The summed E-state index contributed by atoms with van der Waals surface area (Å²) in [5.41, 5.74) is 1.56. The van der Waals surface area contributed by atoms with Crippen LogP contribution >= 0.6 is 0 Å². The van der Waals surface area contributed by atoms with Crippen LogP contribution in [0, 0.1) is 11.8 Å². The van der Waals surface area contributed by atoms with Gasteiger partial charge < -0.3 is 14.2 Å². The third-order valence-electron chi connectivity index (χ3n) is 4.34. The summed E-state index contributed by atoms with van der Waals surface area (Å²) >= 11 is 0. The van der Waals surface area contributed by atoms with Crippen LogP contribution in [0.1, 0.15) is 46.5 Å². The van der Waals surface area contributed by atoms with E-state index < -0.39 is 6.29 Å². The minimum atomic E-state index is -0.425. The maximum absolute atomic E-state index is 11.9. The maximum atomic E-state index is 11.9. The fourth-order valence-corrected chi connectivity index (χ4v) is 3.03. The van der Waals surface area contributed by atoms with Crippen molar-refractivity contribution in [1.29, 1.82) is 0 Å². The number of benzene rings is 1. The maximum Gasteiger partial charge on any atom is 0.333 e. The van der Waals surface area contributed by atoms with E-state index in [2.05, 4.69) is 20.8 Å². The van der Waals surface area contributed by atoms with Crippen molar-refractivity contribution in [3.63, 3.8) is 0 Å². The van der Waals surface area contributed by atoms with Gasteiger partial charge in [0.25, 0.3) is 0 Å². The molecule has 0 unspecified atom stereocenters. The molecule has 0 amide bonds. The summed E-state index contributed by atoms with van der Waals surface area (Å²) in [5.74, 6) is 0.209. The molecule has 2 rings (SSSR count). The van der Waals surface area contributed by atoms with E-state index in [0.717, 1.165) is 5.56 Å². The summed E-state index contributed by atoms with van der Waals surface area (Å²) in [4.78, 5) is 11.9. The van der Waals surface area contributed by atoms with E-state index in [1.165, 1.54) is 0 Å². The van der Waals surface area contributed by atoms with Crippen molar-refractivity contribution < 1.29 is 19.0 Å². The number of hydrogen-bond donors (Lipinski definition) is 0. The summed E-state index contributed by atoms with van der Waals surface area (Å²) < 4.78 is 17.4. The lowest BCUT2D eigenvalue weighted by Gasteiger charge is -2.41. The molecule has 1 saturated heterocycles. The number of rotatable bonds is 5. The van der Waals surface area contributed by atoms with E-state index in [0.29, 0.717) is 18.1 Å². The second-order valence-corrected chi connectivity index (χ2v) is 6.62. The SMILES string of the molecule is CCOC(=O)/C(C)=C/[C@@H]1O[C@H](c2ccccc2)O[C@H](C(C)C)[C@H]1C. The third kappa shape index (κ3) is 4.46. The first-order valence-corrected chi connectivity index (χ1v) is 8.65. The molecule has 1 aliphatic rings. The van der Waals surface area contributed by atoms with Gasteiger partial charge in [-0.05, 0) is 25.8 Å². The second-order valence-electron chi connectivity index (χ2n) is 6.62. The number of ether oxygens (including phenoxy) is 3. The molecule has 0 N–H and O–H groups in total. The average Bonchev–Trinajstić information content (AvgIpc) is 2.57. The number of carbonyl (C=O) groups excluding carboxylic acids is 1. The zero-order chi connectivity index (χ0) is 17.7. The Labute approximate surface area is 144 Å². The van der Waals surface area contributed by atoms with Crippen LogP contribution in [0.15, 0.2) is 42.0 Å². The van der Waals surface area contributed by atoms with Crippen LogP contribution in [0.5, 0.6) is 0 Å². The third-order valence-corrected chi connectivity index (χ3v) is 4.34. The summed E-state index contributed by atoms with van der Waals surface area (Å²) in [6.07, 6.45) is 1.31. The van der Waals surface area contributed by atoms with Crippen molar-refractivity contribution in [3.8, 4) is 0 Å². The van der Waals surface area contributed by atoms with E-state index in [1.807, 2.05) is 36.4 Å². The van der Waals surface area contributed by atoms with Crippen molar-refractivity contribution in [1.82, 2.24) is 0 Å². The molecule has 4 heteroatoms. The lowest BCUT2D eigenvalue weighted by molar-refractivity contribution is -0.268. The van der Waals surface area contributed by atoms with Gasteiger partial charge in [0.2, 0.25) is 0 Å². The molecule has 1 aromatic rings. The zero-order valence-electron chi connectivity index (χ0n) is 15.2. The summed E-state index contributed by atoms with van der Waals surface area (Å²) in [6.45, 7) is 10.3. The zero-order valence-corrected chi connectivity index (χ0v) is 15.2. The molecule has 0 spiro atoms. The Hall–Kier alpha value is -1.65. The predicted molar refractivity (Wildman–Crippen MR) is 93.3 cm³/mol. The molecule has 0 saturated carbocycles. The van der Waals surface area contributed by atoms with Gasteiger partial charge in [0.05, 0.1) is 18.8 Å². The highest BCUT2D eigenvalue weighted by Crippen LogP contribution is 2.37. The Morgan fingerprint density at radius 2 is 1.92 bits per heavy atom. The molecule has 24 heavy (non-hydrogen) atoms. The topological polar surface area (TPSA) is 44.8 Å². The van der Waals surface area contributed by atoms with E-state index in [-0.39, 0.29) is 24.1 Å². The van der Waals surface area contributed by atoms with Gasteiger partial charge >= 0.3 is 5.97 Å². The van der Waals surface area contributed by atoms with E-state index in [1.54, 1.807) is 13.8 Å². The molecule has 1 aliphatic heterocycles. The van der Waals surface area contributed by atoms with Crippen molar-refractivity contribution in [2.24, 2.45) is 11.8 Å². The first-order chi connectivity index (χ1) is 11.4. The van der Waals surface area contributed by atoms with E-state index in [9.17, 15) is 4.79 Å². The fourth-order valence-electron chi connectivity index (χ4n) is 3.03. The van der Waals surface area contributed by atoms with Gasteiger partial charge in [-0.1, -0.05) is 51.1 Å². The minimum absolute atomic E-state index is 0.0557. The molecule has 4 nitrogen and oxygen atoms in total. The second kappa shape index (κ2) is 8.45. The molecule has 132 valence electrons. The van der Waals surface area contributed by atoms with Crippen LogP contribution in [0.2, 0.25) is 0 Å². The normalized spacial score (nSPS) is 28.0. The Balaban J connectivity index is 2.24. The molecule has 4 atom stereocenters. The van der Waals surface area contributed by atoms with Crippen molar-refractivity contribution in [3.05, 3.63) is 47.5 Å². The molecule has 1 aromatic carbocycles. The van der Waals surface area contributed by atoms with Crippen LogP contribution in [-0.2, 0) is 19.0 Å². The first-order valence-electron chi connectivity index (χ1n) is 8.65. The van der Waals surface area contributed by atoms with Crippen molar-refractivity contribution in [2.75, 3.05) is 6.61 Å². The van der Waals surface area contributed by atoms with E-state index in [4.69, 9.17) is 14.2 Å².